The van der Waals surface area contributed by atoms with E-state index in [-0.39, 0.29) is 5.96 Å². The zero-order chi connectivity index (χ0) is 16.1. The third-order valence-corrected chi connectivity index (χ3v) is 3.71. The minimum Gasteiger partial charge on any atom is -0.369 e. The molecule has 8 nitrogen and oxygen atoms in total. The average molecular weight is 312 g/mol. The van der Waals surface area contributed by atoms with Crippen LogP contribution in [0.25, 0.3) is 11.4 Å². The van der Waals surface area contributed by atoms with Crippen LogP contribution in [0.15, 0.2) is 40.6 Å². The van der Waals surface area contributed by atoms with E-state index in [2.05, 4.69) is 25.2 Å². The lowest BCUT2D eigenvalue weighted by atomic mass is 10.1. The van der Waals surface area contributed by atoms with E-state index in [4.69, 9.17) is 11.5 Å². The van der Waals surface area contributed by atoms with Crippen molar-refractivity contribution in [2.75, 3.05) is 13.1 Å². The molecule has 23 heavy (non-hydrogen) atoms. The van der Waals surface area contributed by atoms with Gasteiger partial charge in [0.1, 0.15) is 6.33 Å². The van der Waals surface area contributed by atoms with Gasteiger partial charge in [-0.3, -0.25) is 5.10 Å². The van der Waals surface area contributed by atoms with Gasteiger partial charge in [-0.2, -0.15) is 10.1 Å². The Kier molecular flexibility index (Phi) is 4.51. The second kappa shape index (κ2) is 6.91. The first-order valence-corrected chi connectivity index (χ1v) is 7.61. The number of H-pyrrole nitrogens is 1. The highest BCUT2D eigenvalue weighted by atomic mass is 15.3. The van der Waals surface area contributed by atoms with Gasteiger partial charge in [-0.15, -0.1) is 0 Å². The van der Waals surface area contributed by atoms with Crippen LogP contribution in [-0.4, -0.2) is 45.1 Å². The minimum absolute atomic E-state index is 0.153. The molecule has 0 bridgehead atoms. The van der Waals surface area contributed by atoms with Crippen LogP contribution in [0.1, 0.15) is 19.3 Å². The van der Waals surface area contributed by atoms with E-state index in [0.29, 0.717) is 17.5 Å². The predicted molar refractivity (Wildman–Crippen MR) is 90.1 cm³/mol. The first-order valence-electron chi connectivity index (χ1n) is 7.61. The quantitative estimate of drug-likeness (QED) is 0.568. The molecular weight excluding hydrogens is 292 g/mol. The first kappa shape index (κ1) is 15.0. The summed E-state index contributed by atoms with van der Waals surface area (Å²) >= 11 is 0. The van der Waals surface area contributed by atoms with Crippen molar-refractivity contribution in [2.24, 2.45) is 21.5 Å². The number of guanidine groups is 2. The van der Waals surface area contributed by atoms with Gasteiger partial charge in [0.05, 0.1) is 5.69 Å². The van der Waals surface area contributed by atoms with Gasteiger partial charge < -0.3 is 16.4 Å². The number of aromatic amines is 1. The Morgan fingerprint density at radius 3 is 2.48 bits per heavy atom. The number of nitrogens with two attached hydrogens (primary N) is 2. The smallest absolute Gasteiger partial charge is 0.223 e. The number of likely N-dealkylation sites (tertiary alicyclic amines) is 1. The molecule has 1 fully saturated rings. The highest BCUT2D eigenvalue weighted by molar-refractivity contribution is 5.94. The molecule has 1 aromatic heterocycles. The third kappa shape index (κ3) is 3.85. The summed E-state index contributed by atoms with van der Waals surface area (Å²) in [4.78, 5) is 14.6. The minimum atomic E-state index is 0.153. The summed E-state index contributed by atoms with van der Waals surface area (Å²) in [6.45, 7) is 1.85. The molecule has 1 aromatic carbocycles. The first-order chi connectivity index (χ1) is 11.2. The van der Waals surface area contributed by atoms with Crippen molar-refractivity contribution >= 4 is 17.6 Å². The van der Waals surface area contributed by atoms with E-state index in [9.17, 15) is 0 Å². The summed E-state index contributed by atoms with van der Waals surface area (Å²) < 4.78 is 0. The summed E-state index contributed by atoms with van der Waals surface area (Å²) in [5, 5.41) is 6.64. The number of rotatable bonds is 2. The zero-order valence-corrected chi connectivity index (χ0v) is 12.8. The second-order valence-electron chi connectivity index (χ2n) is 5.37. The molecule has 120 valence electrons. The van der Waals surface area contributed by atoms with E-state index in [1.165, 1.54) is 12.7 Å². The highest BCUT2D eigenvalue weighted by Gasteiger charge is 2.12. The number of nitrogens with zero attached hydrogens (tertiary/aromatic N) is 5. The fourth-order valence-electron chi connectivity index (χ4n) is 2.51. The van der Waals surface area contributed by atoms with Gasteiger partial charge in [-0.25, -0.2) is 9.98 Å². The van der Waals surface area contributed by atoms with Crippen LogP contribution in [0.4, 0.5) is 5.69 Å². The summed E-state index contributed by atoms with van der Waals surface area (Å²) in [5.74, 6) is 1.30. The van der Waals surface area contributed by atoms with Crippen LogP contribution in [-0.2, 0) is 0 Å². The van der Waals surface area contributed by atoms with Gasteiger partial charge in [-0.1, -0.05) is 0 Å². The Morgan fingerprint density at radius 1 is 1.09 bits per heavy atom. The number of aromatic nitrogens is 3. The molecule has 0 radical (unpaired) electrons. The number of aliphatic imine (C=N–C) groups is 2. The zero-order valence-electron chi connectivity index (χ0n) is 12.8. The normalized spacial score (nSPS) is 16.6. The summed E-state index contributed by atoms with van der Waals surface area (Å²) in [7, 11) is 0. The molecule has 1 saturated heterocycles. The number of hydrogen-bond acceptors (Lipinski definition) is 3. The van der Waals surface area contributed by atoms with Gasteiger partial charge in [0.2, 0.25) is 5.96 Å². The van der Waals surface area contributed by atoms with E-state index < -0.39 is 0 Å². The van der Waals surface area contributed by atoms with E-state index in [1.807, 2.05) is 29.2 Å². The third-order valence-electron chi connectivity index (χ3n) is 3.71. The van der Waals surface area contributed by atoms with Gasteiger partial charge in [0.15, 0.2) is 11.8 Å². The lowest BCUT2D eigenvalue weighted by Crippen LogP contribution is -2.41. The molecule has 0 amide bonds. The molecule has 8 heteroatoms. The average Bonchev–Trinajstić information content (AvgIpc) is 3.11. The fourth-order valence-corrected chi connectivity index (χ4v) is 2.51. The molecule has 0 unspecified atom stereocenters. The second-order valence-corrected chi connectivity index (χ2v) is 5.37. The number of benzene rings is 1. The summed E-state index contributed by atoms with van der Waals surface area (Å²) in [6, 6.07) is 7.48. The van der Waals surface area contributed by atoms with Crippen LogP contribution in [0, 0.1) is 0 Å². The largest absolute Gasteiger partial charge is 0.369 e. The van der Waals surface area contributed by atoms with Crippen LogP contribution in [0.3, 0.4) is 0 Å². The van der Waals surface area contributed by atoms with Crippen molar-refractivity contribution in [1.82, 2.24) is 20.1 Å². The van der Waals surface area contributed by atoms with Gasteiger partial charge >= 0.3 is 0 Å². The lowest BCUT2D eigenvalue weighted by Gasteiger charge is -2.27. The Bertz CT molecular complexity index is 681. The van der Waals surface area contributed by atoms with Crippen LogP contribution >= 0.6 is 0 Å². The molecular formula is C15H20N8. The molecule has 3 rings (SSSR count). The van der Waals surface area contributed by atoms with Crippen molar-refractivity contribution in [2.45, 2.75) is 19.3 Å². The predicted octanol–water partition coefficient (Wildman–Crippen LogP) is 1.22. The van der Waals surface area contributed by atoms with Gasteiger partial charge in [-0.05, 0) is 43.5 Å². The van der Waals surface area contributed by atoms with Gasteiger partial charge in [0.25, 0.3) is 0 Å². The van der Waals surface area contributed by atoms with Gasteiger partial charge in [0, 0.05) is 18.7 Å². The molecule has 0 atom stereocenters. The van der Waals surface area contributed by atoms with E-state index in [0.717, 1.165) is 31.5 Å². The molecule has 2 heterocycles. The maximum atomic E-state index is 5.99. The summed E-state index contributed by atoms with van der Waals surface area (Å²) in [5.41, 5.74) is 13.5. The van der Waals surface area contributed by atoms with E-state index in [1.54, 1.807) is 0 Å². The number of piperidine rings is 1. The van der Waals surface area contributed by atoms with Crippen LogP contribution in [0.5, 0.6) is 0 Å². The molecule has 0 aliphatic carbocycles. The van der Waals surface area contributed by atoms with Crippen molar-refractivity contribution in [3.8, 4) is 11.4 Å². The van der Waals surface area contributed by atoms with Crippen molar-refractivity contribution < 1.29 is 0 Å². The Balaban J connectivity index is 1.70. The number of nitrogens with one attached hydrogen (secondary N) is 1. The Hall–Kier alpha value is -2.90. The maximum Gasteiger partial charge on any atom is 0.223 e. The molecule has 0 spiro atoms. The standard InChI is InChI=1S/C15H20N8/c16-14(21-15(17)23-8-2-1-3-9-23)20-12-6-4-11(5-7-12)13-18-10-19-22-13/h4-7,10H,1-3,8-9H2,(H,18,19,22)(H4,16,17,20,21). The molecule has 1 aliphatic heterocycles. The molecule has 2 aromatic rings. The van der Waals surface area contributed by atoms with Crippen molar-refractivity contribution in [3.63, 3.8) is 0 Å². The maximum absolute atomic E-state index is 5.99. The summed E-state index contributed by atoms with van der Waals surface area (Å²) in [6.07, 6.45) is 4.98. The monoisotopic (exact) mass is 312 g/mol. The highest BCUT2D eigenvalue weighted by Crippen LogP contribution is 2.19. The molecule has 5 N–H and O–H groups in total. The molecule has 1 aliphatic rings. The van der Waals surface area contributed by atoms with Crippen LogP contribution in [0.2, 0.25) is 0 Å². The van der Waals surface area contributed by atoms with Crippen molar-refractivity contribution in [3.05, 3.63) is 30.6 Å². The Morgan fingerprint density at radius 2 is 1.83 bits per heavy atom. The number of hydrogen-bond donors (Lipinski definition) is 3. The SMILES string of the molecule is NC(=Nc1ccc(-c2ncn[nH]2)cc1)N=C(N)N1CCCCC1. The van der Waals surface area contributed by atoms with Crippen molar-refractivity contribution in [1.29, 1.82) is 0 Å². The fraction of sp³-hybridized carbons (Fsp3) is 0.333. The van der Waals surface area contributed by atoms with E-state index >= 15 is 0 Å². The molecule has 0 saturated carbocycles. The topological polar surface area (TPSA) is 122 Å². The van der Waals surface area contributed by atoms with Crippen LogP contribution < -0.4 is 11.5 Å². The lowest BCUT2D eigenvalue weighted by molar-refractivity contribution is 0.339. The Labute approximate surface area is 134 Å².